The number of hydrazone groups is 1. The third kappa shape index (κ3) is 4.95. The molecule has 2 aromatic rings. The summed E-state index contributed by atoms with van der Waals surface area (Å²) < 4.78 is 5.45. The van der Waals surface area contributed by atoms with E-state index in [1.165, 1.54) is 18.3 Å². The van der Waals surface area contributed by atoms with Crippen LogP contribution in [0.4, 0.5) is 0 Å². The molecule has 0 saturated heterocycles. The molecule has 6 nitrogen and oxygen atoms in total. The molecular formula is C18H18N2O4. The number of rotatable bonds is 6. The number of ether oxygens (including phenoxy) is 1. The summed E-state index contributed by atoms with van der Waals surface area (Å²) in [5, 5.41) is 12.6. The number of hydrogen-bond acceptors (Lipinski definition) is 4. The maximum atomic E-state index is 11.7. The number of aryl methyl sites for hydroxylation is 2. The Balaban J connectivity index is 1.83. The number of benzene rings is 2. The fourth-order valence-electron chi connectivity index (χ4n) is 2.03. The first kappa shape index (κ1) is 17.2. The first-order valence-electron chi connectivity index (χ1n) is 7.31. The Labute approximate surface area is 139 Å². The van der Waals surface area contributed by atoms with Crippen molar-refractivity contribution in [1.82, 2.24) is 5.43 Å². The Kier molecular flexibility index (Phi) is 5.68. The maximum absolute atomic E-state index is 11.7. The minimum absolute atomic E-state index is 0.140. The van der Waals surface area contributed by atoms with Gasteiger partial charge in [0.05, 0.1) is 11.8 Å². The number of carboxylic acid groups (broad SMARTS) is 1. The Morgan fingerprint density at radius 2 is 1.88 bits per heavy atom. The molecular weight excluding hydrogens is 308 g/mol. The number of amides is 1. The molecule has 0 aromatic heterocycles. The van der Waals surface area contributed by atoms with Crippen LogP contribution in [0.2, 0.25) is 0 Å². The van der Waals surface area contributed by atoms with Crippen LogP contribution in [0, 0.1) is 13.8 Å². The summed E-state index contributed by atoms with van der Waals surface area (Å²) in [6.45, 7) is 3.76. The van der Waals surface area contributed by atoms with E-state index in [4.69, 9.17) is 9.84 Å². The van der Waals surface area contributed by atoms with Crippen molar-refractivity contribution in [3.8, 4) is 5.75 Å². The quantitative estimate of drug-likeness (QED) is 0.631. The molecule has 2 aromatic carbocycles. The second-order valence-electron chi connectivity index (χ2n) is 5.28. The highest BCUT2D eigenvalue weighted by Crippen LogP contribution is 2.18. The van der Waals surface area contributed by atoms with E-state index >= 15 is 0 Å². The average Bonchev–Trinajstić information content (AvgIpc) is 2.54. The standard InChI is InChI=1S/C18H18N2O4/c1-12-3-8-16(13(2)9-12)24-11-17(21)20-19-10-14-4-6-15(7-5-14)18(22)23/h3-10H,11H2,1-2H3,(H,20,21)(H,22,23). The van der Waals surface area contributed by atoms with Crippen molar-refractivity contribution >= 4 is 18.1 Å². The smallest absolute Gasteiger partial charge is 0.335 e. The Morgan fingerprint density at radius 3 is 2.50 bits per heavy atom. The molecule has 6 heteroatoms. The fraction of sp³-hybridized carbons (Fsp3) is 0.167. The first-order chi connectivity index (χ1) is 11.5. The molecule has 0 radical (unpaired) electrons. The Hall–Kier alpha value is -3.15. The third-order valence-electron chi connectivity index (χ3n) is 3.25. The molecule has 0 unspecified atom stereocenters. The van der Waals surface area contributed by atoms with Crippen molar-refractivity contribution in [2.75, 3.05) is 6.61 Å². The van der Waals surface area contributed by atoms with E-state index < -0.39 is 5.97 Å². The first-order valence-corrected chi connectivity index (χ1v) is 7.31. The summed E-state index contributed by atoms with van der Waals surface area (Å²) in [6, 6.07) is 11.9. The molecule has 0 aliphatic rings. The van der Waals surface area contributed by atoms with Crippen LogP contribution in [0.15, 0.2) is 47.6 Å². The van der Waals surface area contributed by atoms with Crippen molar-refractivity contribution in [2.45, 2.75) is 13.8 Å². The van der Waals surface area contributed by atoms with Gasteiger partial charge in [-0.2, -0.15) is 5.10 Å². The molecule has 124 valence electrons. The van der Waals surface area contributed by atoms with Gasteiger partial charge in [-0.3, -0.25) is 4.79 Å². The summed E-state index contributed by atoms with van der Waals surface area (Å²) in [7, 11) is 0. The molecule has 2 rings (SSSR count). The van der Waals surface area contributed by atoms with Crippen LogP contribution in [-0.4, -0.2) is 29.8 Å². The molecule has 2 N–H and O–H groups in total. The number of carbonyl (C=O) groups excluding carboxylic acids is 1. The van der Waals surface area contributed by atoms with E-state index in [1.807, 2.05) is 32.0 Å². The number of nitrogens with zero attached hydrogens (tertiary/aromatic N) is 1. The van der Waals surface area contributed by atoms with Crippen molar-refractivity contribution in [3.05, 3.63) is 64.7 Å². The molecule has 1 amide bonds. The lowest BCUT2D eigenvalue weighted by molar-refractivity contribution is -0.123. The van der Waals surface area contributed by atoms with Crippen molar-refractivity contribution in [2.24, 2.45) is 5.10 Å². The summed E-state index contributed by atoms with van der Waals surface area (Å²) in [5.74, 6) is -0.715. The van der Waals surface area contributed by atoms with E-state index in [0.29, 0.717) is 11.3 Å². The minimum atomic E-state index is -0.990. The third-order valence-corrected chi connectivity index (χ3v) is 3.25. The van der Waals surface area contributed by atoms with Crippen molar-refractivity contribution < 1.29 is 19.4 Å². The molecule has 0 atom stereocenters. The molecule has 0 aliphatic carbocycles. The average molecular weight is 326 g/mol. The maximum Gasteiger partial charge on any atom is 0.335 e. The highest BCUT2D eigenvalue weighted by molar-refractivity contribution is 5.89. The van der Waals surface area contributed by atoms with E-state index in [2.05, 4.69) is 10.5 Å². The van der Waals surface area contributed by atoms with Crippen LogP contribution in [0.3, 0.4) is 0 Å². The molecule has 0 heterocycles. The fourth-order valence-corrected chi connectivity index (χ4v) is 2.03. The van der Waals surface area contributed by atoms with Crippen LogP contribution >= 0.6 is 0 Å². The van der Waals surface area contributed by atoms with Gasteiger partial charge in [0, 0.05) is 0 Å². The second-order valence-corrected chi connectivity index (χ2v) is 5.28. The summed E-state index contributed by atoms with van der Waals surface area (Å²) in [5.41, 5.74) is 5.32. The summed E-state index contributed by atoms with van der Waals surface area (Å²) >= 11 is 0. The van der Waals surface area contributed by atoms with Gasteiger partial charge in [-0.05, 0) is 43.2 Å². The lowest BCUT2D eigenvalue weighted by atomic mass is 10.1. The lowest BCUT2D eigenvalue weighted by Gasteiger charge is -2.08. The molecule has 24 heavy (non-hydrogen) atoms. The number of nitrogens with one attached hydrogen (secondary N) is 1. The van der Waals surface area contributed by atoms with Crippen LogP contribution in [0.1, 0.15) is 27.0 Å². The van der Waals surface area contributed by atoms with Crippen molar-refractivity contribution in [3.63, 3.8) is 0 Å². The van der Waals surface area contributed by atoms with Gasteiger partial charge >= 0.3 is 5.97 Å². The van der Waals surface area contributed by atoms with E-state index in [0.717, 1.165) is 11.1 Å². The van der Waals surface area contributed by atoms with Crippen molar-refractivity contribution in [1.29, 1.82) is 0 Å². The van der Waals surface area contributed by atoms with Crippen LogP contribution in [0.5, 0.6) is 5.75 Å². The molecule has 0 spiro atoms. The zero-order valence-electron chi connectivity index (χ0n) is 13.4. The van der Waals surface area contributed by atoms with Crippen LogP contribution in [0.25, 0.3) is 0 Å². The highest BCUT2D eigenvalue weighted by atomic mass is 16.5. The predicted molar refractivity (Wildman–Crippen MR) is 90.5 cm³/mol. The normalized spacial score (nSPS) is 10.6. The van der Waals surface area contributed by atoms with Gasteiger partial charge in [0.15, 0.2) is 6.61 Å². The van der Waals surface area contributed by atoms with Gasteiger partial charge in [-0.25, -0.2) is 10.2 Å². The highest BCUT2D eigenvalue weighted by Gasteiger charge is 2.04. The summed E-state index contributed by atoms with van der Waals surface area (Å²) in [6.07, 6.45) is 1.43. The lowest BCUT2D eigenvalue weighted by Crippen LogP contribution is -2.24. The van der Waals surface area contributed by atoms with Gasteiger partial charge in [-0.15, -0.1) is 0 Å². The topological polar surface area (TPSA) is 88.0 Å². The largest absolute Gasteiger partial charge is 0.483 e. The minimum Gasteiger partial charge on any atom is -0.483 e. The van der Waals surface area contributed by atoms with E-state index in [-0.39, 0.29) is 18.1 Å². The number of aromatic carboxylic acids is 1. The van der Waals surface area contributed by atoms with Crippen LogP contribution < -0.4 is 10.2 Å². The zero-order valence-corrected chi connectivity index (χ0v) is 13.4. The van der Waals surface area contributed by atoms with Gasteiger partial charge in [-0.1, -0.05) is 29.8 Å². The van der Waals surface area contributed by atoms with Gasteiger partial charge in [0.2, 0.25) is 0 Å². The van der Waals surface area contributed by atoms with E-state index in [9.17, 15) is 9.59 Å². The predicted octanol–water partition coefficient (Wildman–Crippen LogP) is 2.53. The second kappa shape index (κ2) is 7.92. The number of carbonyl (C=O) groups is 2. The molecule has 0 aliphatic heterocycles. The number of carboxylic acids is 1. The van der Waals surface area contributed by atoms with E-state index in [1.54, 1.807) is 12.1 Å². The van der Waals surface area contributed by atoms with Crippen LogP contribution in [-0.2, 0) is 4.79 Å². The Morgan fingerprint density at radius 1 is 1.17 bits per heavy atom. The SMILES string of the molecule is Cc1ccc(OCC(=O)NN=Cc2ccc(C(=O)O)cc2)c(C)c1. The number of hydrogen-bond donors (Lipinski definition) is 2. The molecule has 0 saturated carbocycles. The molecule has 0 bridgehead atoms. The zero-order chi connectivity index (χ0) is 17.5. The van der Waals surface area contributed by atoms with Gasteiger partial charge in [0.25, 0.3) is 5.91 Å². The molecule has 0 fully saturated rings. The summed E-state index contributed by atoms with van der Waals surface area (Å²) in [4.78, 5) is 22.4. The van der Waals surface area contributed by atoms with Gasteiger partial charge < -0.3 is 9.84 Å². The Bertz CT molecular complexity index is 767. The monoisotopic (exact) mass is 326 g/mol. The van der Waals surface area contributed by atoms with Gasteiger partial charge in [0.1, 0.15) is 5.75 Å².